The molecule has 1 aromatic carbocycles. The number of likely N-dealkylation sites (tertiary alicyclic amines) is 1. The molecule has 0 unspecified atom stereocenters. The smallest absolute Gasteiger partial charge is 0.251 e. The third-order valence-electron chi connectivity index (χ3n) is 4.05. The number of rotatable bonds is 6. The lowest BCUT2D eigenvalue weighted by Gasteiger charge is -2.17. The Kier molecular flexibility index (Phi) is 7.25. The first-order valence-electron chi connectivity index (χ1n) is 8.75. The molecular formula is C18H27N5O2. The lowest BCUT2D eigenvalue weighted by molar-refractivity contribution is -0.128. The van der Waals surface area contributed by atoms with E-state index in [1.165, 1.54) is 0 Å². The third-order valence-corrected chi connectivity index (χ3v) is 4.05. The van der Waals surface area contributed by atoms with Crippen LogP contribution >= 0.6 is 0 Å². The fourth-order valence-electron chi connectivity index (χ4n) is 2.71. The fraction of sp³-hybridized carbons (Fsp3) is 0.500. The molecule has 2 rings (SSSR count). The van der Waals surface area contributed by atoms with Gasteiger partial charge >= 0.3 is 0 Å². The first-order valence-corrected chi connectivity index (χ1v) is 8.75. The van der Waals surface area contributed by atoms with E-state index in [0.717, 1.165) is 31.5 Å². The highest BCUT2D eigenvalue weighted by Gasteiger charge is 2.17. The first kappa shape index (κ1) is 18.8. The van der Waals surface area contributed by atoms with E-state index >= 15 is 0 Å². The summed E-state index contributed by atoms with van der Waals surface area (Å²) in [7, 11) is 1.61. The van der Waals surface area contributed by atoms with Crippen molar-refractivity contribution in [1.82, 2.24) is 20.9 Å². The Labute approximate surface area is 148 Å². The van der Waals surface area contributed by atoms with Crippen molar-refractivity contribution in [3.63, 3.8) is 0 Å². The van der Waals surface area contributed by atoms with Gasteiger partial charge < -0.3 is 20.9 Å². The van der Waals surface area contributed by atoms with Crippen LogP contribution in [0.25, 0.3) is 0 Å². The maximum Gasteiger partial charge on any atom is 0.251 e. The minimum Gasteiger partial charge on any atom is -0.357 e. The van der Waals surface area contributed by atoms with Gasteiger partial charge in [-0.2, -0.15) is 0 Å². The largest absolute Gasteiger partial charge is 0.357 e. The van der Waals surface area contributed by atoms with Gasteiger partial charge in [-0.1, -0.05) is 12.1 Å². The predicted molar refractivity (Wildman–Crippen MR) is 98.5 cm³/mol. The number of nitrogens with zero attached hydrogens (tertiary/aromatic N) is 2. The van der Waals surface area contributed by atoms with E-state index in [1.54, 1.807) is 13.1 Å². The van der Waals surface area contributed by atoms with E-state index in [-0.39, 0.29) is 18.4 Å². The summed E-state index contributed by atoms with van der Waals surface area (Å²) in [5.41, 5.74) is 1.54. The SMILES string of the molecule is CCNC(=NCc1cccc(C(=O)NC)c1)NCC(=O)N1CCCC1. The van der Waals surface area contributed by atoms with Crippen LogP contribution in [0, 0.1) is 0 Å². The molecule has 2 amide bonds. The van der Waals surface area contributed by atoms with Crippen LogP contribution in [-0.2, 0) is 11.3 Å². The van der Waals surface area contributed by atoms with Crippen LogP contribution < -0.4 is 16.0 Å². The molecule has 0 atom stereocenters. The van der Waals surface area contributed by atoms with Gasteiger partial charge in [0.1, 0.15) is 0 Å². The topological polar surface area (TPSA) is 85.8 Å². The summed E-state index contributed by atoms with van der Waals surface area (Å²) >= 11 is 0. The number of aliphatic imine (C=N–C) groups is 1. The van der Waals surface area contributed by atoms with E-state index in [9.17, 15) is 9.59 Å². The van der Waals surface area contributed by atoms with Gasteiger partial charge in [0.15, 0.2) is 5.96 Å². The number of carbonyl (C=O) groups is 2. The summed E-state index contributed by atoms with van der Waals surface area (Å²) in [6, 6.07) is 7.35. The third kappa shape index (κ3) is 5.77. The Morgan fingerprint density at radius 1 is 1.20 bits per heavy atom. The summed E-state index contributed by atoms with van der Waals surface area (Å²) in [6.07, 6.45) is 2.17. The van der Waals surface area contributed by atoms with Gasteiger partial charge in [-0.3, -0.25) is 9.59 Å². The molecule has 7 nitrogen and oxygen atoms in total. The molecule has 25 heavy (non-hydrogen) atoms. The molecule has 3 N–H and O–H groups in total. The standard InChI is InChI=1S/C18H27N5O2/c1-3-20-18(22-13-16(24)23-9-4-5-10-23)21-12-14-7-6-8-15(11-14)17(25)19-2/h6-8,11H,3-5,9-10,12-13H2,1-2H3,(H,19,25)(H2,20,21,22). The van der Waals surface area contributed by atoms with Crippen LogP contribution in [0.15, 0.2) is 29.3 Å². The molecule has 136 valence electrons. The van der Waals surface area contributed by atoms with Gasteiger partial charge in [0.05, 0.1) is 13.1 Å². The van der Waals surface area contributed by atoms with Crippen LogP contribution in [0.4, 0.5) is 0 Å². The zero-order valence-corrected chi connectivity index (χ0v) is 15.0. The van der Waals surface area contributed by atoms with Crippen molar-refractivity contribution >= 4 is 17.8 Å². The minimum absolute atomic E-state index is 0.102. The minimum atomic E-state index is -0.118. The molecule has 0 bridgehead atoms. The predicted octanol–water partition coefficient (Wildman–Crippen LogP) is 0.724. The van der Waals surface area contributed by atoms with Crippen LogP contribution in [0.2, 0.25) is 0 Å². The van der Waals surface area contributed by atoms with Crippen molar-refractivity contribution < 1.29 is 9.59 Å². The normalized spacial score (nSPS) is 14.3. The Balaban J connectivity index is 1.94. The highest BCUT2D eigenvalue weighted by molar-refractivity contribution is 5.94. The number of amides is 2. The van der Waals surface area contributed by atoms with Crippen molar-refractivity contribution in [1.29, 1.82) is 0 Å². The molecule has 0 aromatic heterocycles. The molecule has 0 aliphatic carbocycles. The molecule has 1 aliphatic rings. The highest BCUT2D eigenvalue weighted by atomic mass is 16.2. The summed E-state index contributed by atoms with van der Waals surface area (Å²) in [6.45, 7) is 5.05. The first-order chi connectivity index (χ1) is 12.1. The fourth-order valence-corrected chi connectivity index (χ4v) is 2.71. The lowest BCUT2D eigenvalue weighted by atomic mass is 10.1. The average Bonchev–Trinajstić information content (AvgIpc) is 3.18. The molecule has 1 heterocycles. The second-order valence-corrected chi connectivity index (χ2v) is 5.92. The molecule has 1 fully saturated rings. The Morgan fingerprint density at radius 3 is 2.64 bits per heavy atom. The number of guanidine groups is 1. The maximum absolute atomic E-state index is 12.1. The van der Waals surface area contributed by atoms with E-state index in [0.29, 0.717) is 24.6 Å². The van der Waals surface area contributed by atoms with Gasteiger partial charge in [-0.15, -0.1) is 0 Å². The van der Waals surface area contributed by atoms with Gasteiger partial charge in [-0.25, -0.2) is 4.99 Å². The summed E-state index contributed by atoms with van der Waals surface area (Å²) in [4.78, 5) is 30.2. The van der Waals surface area contributed by atoms with Gasteiger partial charge in [-0.05, 0) is 37.5 Å². The Morgan fingerprint density at radius 2 is 1.96 bits per heavy atom. The van der Waals surface area contributed by atoms with E-state index in [1.807, 2.05) is 30.0 Å². The van der Waals surface area contributed by atoms with E-state index < -0.39 is 0 Å². The average molecular weight is 345 g/mol. The highest BCUT2D eigenvalue weighted by Crippen LogP contribution is 2.07. The summed E-state index contributed by atoms with van der Waals surface area (Å²) in [5, 5.41) is 8.83. The van der Waals surface area contributed by atoms with Crippen molar-refractivity contribution in [2.75, 3.05) is 33.2 Å². The molecule has 1 aromatic rings. The van der Waals surface area contributed by atoms with E-state index in [4.69, 9.17) is 0 Å². The zero-order valence-electron chi connectivity index (χ0n) is 15.0. The quantitative estimate of drug-likeness (QED) is 0.524. The van der Waals surface area contributed by atoms with Gasteiger partial charge in [0.25, 0.3) is 5.91 Å². The molecule has 0 saturated carbocycles. The van der Waals surface area contributed by atoms with Crippen molar-refractivity contribution in [3.8, 4) is 0 Å². The second kappa shape index (κ2) is 9.66. The Bertz CT molecular complexity index is 624. The number of nitrogens with one attached hydrogen (secondary N) is 3. The number of benzene rings is 1. The lowest BCUT2D eigenvalue weighted by Crippen LogP contribution is -2.44. The zero-order chi connectivity index (χ0) is 18.1. The van der Waals surface area contributed by atoms with Gasteiger partial charge in [0.2, 0.25) is 5.91 Å². The summed E-state index contributed by atoms with van der Waals surface area (Å²) in [5.74, 6) is 0.581. The molecule has 0 spiro atoms. The number of hydrogen-bond acceptors (Lipinski definition) is 3. The molecule has 1 aliphatic heterocycles. The van der Waals surface area contributed by atoms with Crippen LogP contribution in [0.5, 0.6) is 0 Å². The van der Waals surface area contributed by atoms with Crippen LogP contribution in [0.1, 0.15) is 35.7 Å². The maximum atomic E-state index is 12.1. The monoisotopic (exact) mass is 345 g/mol. The number of carbonyl (C=O) groups excluding carboxylic acids is 2. The van der Waals surface area contributed by atoms with E-state index in [2.05, 4.69) is 20.9 Å². The Hall–Kier alpha value is -2.57. The van der Waals surface area contributed by atoms with Crippen molar-refractivity contribution in [2.45, 2.75) is 26.3 Å². The molecular weight excluding hydrogens is 318 g/mol. The summed E-state index contributed by atoms with van der Waals surface area (Å²) < 4.78 is 0. The molecule has 7 heteroatoms. The second-order valence-electron chi connectivity index (χ2n) is 5.92. The molecule has 1 saturated heterocycles. The number of hydrogen-bond donors (Lipinski definition) is 3. The van der Waals surface area contributed by atoms with Gasteiger partial charge in [0, 0.05) is 32.2 Å². The van der Waals surface area contributed by atoms with Crippen molar-refractivity contribution in [2.24, 2.45) is 4.99 Å². The van der Waals surface area contributed by atoms with Crippen molar-refractivity contribution in [3.05, 3.63) is 35.4 Å². The van der Waals surface area contributed by atoms with Crippen LogP contribution in [-0.4, -0.2) is 55.9 Å². The molecule has 0 radical (unpaired) electrons. The van der Waals surface area contributed by atoms with Crippen LogP contribution in [0.3, 0.4) is 0 Å².